The average Bonchev–Trinajstić information content (AvgIpc) is 2.41. The van der Waals surface area contributed by atoms with Gasteiger partial charge in [0.15, 0.2) is 5.92 Å². The highest BCUT2D eigenvalue weighted by molar-refractivity contribution is 9.10. The summed E-state index contributed by atoms with van der Waals surface area (Å²) in [6, 6.07) is 0. The molecule has 1 heterocycles. The van der Waals surface area contributed by atoms with Crippen LogP contribution in [0, 0.1) is 16.0 Å². The van der Waals surface area contributed by atoms with E-state index in [0.29, 0.717) is 0 Å². The lowest BCUT2D eigenvalue weighted by Gasteiger charge is -2.13. The maximum absolute atomic E-state index is 12.0. The molecule has 0 fully saturated rings. The minimum atomic E-state index is -1.13. The van der Waals surface area contributed by atoms with E-state index in [1.165, 1.54) is 6.20 Å². The highest BCUT2D eigenvalue weighted by atomic mass is 79.9. The largest absolute Gasteiger partial charge is 0.465 e. The summed E-state index contributed by atoms with van der Waals surface area (Å²) in [6.45, 7) is 3.35. The van der Waals surface area contributed by atoms with Crippen LogP contribution in [0.1, 0.15) is 20.3 Å². The van der Waals surface area contributed by atoms with Crippen molar-refractivity contribution in [2.45, 2.75) is 20.3 Å². The van der Waals surface area contributed by atoms with Crippen molar-refractivity contribution in [3.63, 3.8) is 0 Å². The maximum atomic E-state index is 12.0. The van der Waals surface area contributed by atoms with E-state index in [-0.39, 0.29) is 23.2 Å². The van der Waals surface area contributed by atoms with Crippen molar-refractivity contribution in [2.75, 3.05) is 6.61 Å². The summed E-state index contributed by atoms with van der Waals surface area (Å²) in [5.74, 6) is -3.06. The van der Waals surface area contributed by atoms with E-state index < -0.39 is 28.5 Å². The maximum Gasteiger partial charge on any atom is 0.330 e. The lowest BCUT2D eigenvalue weighted by Crippen LogP contribution is -2.29. The highest BCUT2D eigenvalue weighted by Crippen LogP contribution is 2.34. The van der Waals surface area contributed by atoms with Gasteiger partial charge in [-0.3, -0.25) is 24.7 Å². The molecule has 8 nitrogen and oxygen atoms in total. The summed E-state index contributed by atoms with van der Waals surface area (Å²) < 4.78 is 9.90. The van der Waals surface area contributed by atoms with Crippen LogP contribution in [0.5, 0.6) is 5.75 Å². The van der Waals surface area contributed by atoms with Gasteiger partial charge < -0.3 is 9.47 Å². The molecule has 0 amide bonds. The third-order valence-corrected chi connectivity index (χ3v) is 3.06. The Morgan fingerprint density at radius 2 is 2.05 bits per heavy atom. The van der Waals surface area contributed by atoms with Crippen molar-refractivity contribution in [3.8, 4) is 5.75 Å². The fourth-order valence-corrected chi connectivity index (χ4v) is 1.89. The molecule has 114 valence electrons. The fraction of sp³-hybridized carbons (Fsp3) is 0.417. The Morgan fingerprint density at radius 3 is 2.57 bits per heavy atom. The zero-order valence-electron chi connectivity index (χ0n) is 11.4. The Kier molecular flexibility index (Phi) is 6.22. The standard InChI is InChI=1S/C12H13BrN2O6/c1-3-7(11(16)20-4-2)12(17)21-10-8(13)5-14-6-9(10)15(18)19/h5-7H,3-4H2,1-2H3. The molecule has 0 saturated heterocycles. The Labute approximate surface area is 128 Å². The van der Waals surface area contributed by atoms with Crippen LogP contribution in [0.25, 0.3) is 0 Å². The molecule has 0 spiro atoms. The first-order valence-corrected chi connectivity index (χ1v) is 6.87. The summed E-state index contributed by atoms with van der Waals surface area (Å²) in [7, 11) is 0. The number of aromatic nitrogens is 1. The van der Waals surface area contributed by atoms with Gasteiger partial charge in [0.1, 0.15) is 6.20 Å². The Hall–Kier alpha value is -2.03. The van der Waals surface area contributed by atoms with Gasteiger partial charge in [0.25, 0.3) is 0 Å². The third-order valence-electron chi connectivity index (χ3n) is 2.50. The van der Waals surface area contributed by atoms with Crippen LogP contribution in [0.3, 0.4) is 0 Å². The number of hydrogen-bond donors (Lipinski definition) is 0. The molecule has 0 aliphatic carbocycles. The molecule has 0 bridgehead atoms. The summed E-state index contributed by atoms with van der Waals surface area (Å²) in [5, 5.41) is 10.9. The smallest absolute Gasteiger partial charge is 0.330 e. The quantitative estimate of drug-likeness (QED) is 0.331. The summed E-state index contributed by atoms with van der Waals surface area (Å²) >= 11 is 3.02. The first-order valence-electron chi connectivity index (χ1n) is 6.08. The van der Waals surface area contributed by atoms with E-state index in [0.717, 1.165) is 6.20 Å². The van der Waals surface area contributed by atoms with Crippen LogP contribution >= 0.6 is 15.9 Å². The molecule has 1 aromatic heterocycles. The number of rotatable bonds is 6. The fourth-order valence-electron chi connectivity index (χ4n) is 1.49. The van der Waals surface area contributed by atoms with Gasteiger partial charge in [-0.25, -0.2) is 0 Å². The van der Waals surface area contributed by atoms with Crippen LogP contribution in [-0.4, -0.2) is 28.5 Å². The molecule has 0 radical (unpaired) electrons. The number of pyridine rings is 1. The molecule has 0 aliphatic heterocycles. The van der Waals surface area contributed by atoms with Crippen LogP contribution in [0.2, 0.25) is 0 Å². The minimum Gasteiger partial charge on any atom is -0.465 e. The Bertz CT molecular complexity index is 563. The van der Waals surface area contributed by atoms with Crippen molar-refractivity contribution < 1.29 is 24.0 Å². The number of nitro groups is 1. The van der Waals surface area contributed by atoms with Gasteiger partial charge >= 0.3 is 17.6 Å². The zero-order valence-corrected chi connectivity index (χ0v) is 13.0. The van der Waals surface area contributed by atoms with E-state index in [1.807, 2.05) is 0 Å². The number of carbonyl (C=O) groups is 2. The van der Waals surface area contributed by atoms with E-state index in [9.17, 15) is 19.7 Å². The van der Waals surface area contributed by atoms with Crippen LogP contribution in [0.4, 0.5) is 5.69 Å². The minimum absolute atomic E-state index is 0.127. The number of esters is 2. The number of carbonyl (C=O) groups excluding carboxylic acids is 2. The van der Waals surface area contributed by atoms with Crippen molar-refractivity contribution >= 4 is 33.6 Å². The van der Waals surface area contributed by atoms with Crippen molar-refractivity contribution in [2.24, 2.45) is 5.92 Å². The average molecular weight is 361 g/mol. The van der Waals surface area contributed by atoms with E-state index in [2.05, 4.69) is 20.9 Å². The number of hydrogen-bond acceptors (Lipinski definition) is 7. The first kappa shape index (κ1) is 17.0. The second-order valence-electron chi connectivity index (χ2n) is 3.86. The van der Waals surface area contributed by atoms with Gasteiger partial charge in [-0.15, -0.1) is 0 Å². The van der Waals surface area contributed by atoms with Crippen molar-refractivity contribution in [1.29, 1.82) is 0 Å². The lowest BCUT2D eigenvalue weighted by molar-refractivity contribution is -0.386. The summed E-state index contributed by atoms with van der Waals surface area (Å²) in [6.07, 6.45) is 2.37. The van der Waals surface area contributed by atoms with Crippen LogP contribution in [0.15, 0.2) is 16.9 Å². The molecule has 1 atom stereocenters. The second-order valence-corrected chi connectivity index (χ2v) is 4.71. The van der Waals surface area contributed by atoms with Gasteiger partial charge in [0.2, 0.25) is 5.75 Å². The van der Waals surface area contributed by atoms with Crippen molar-refractivity contribution in [1.82, 2.24) is 4.98 Å². The molecular weight excluding hydrogens is 348 g/mol. The molecule has 1 unspecified atom stereocenters. The molecule has 0 N–H and O–H groups in total. The zero-order chi connectivity index (χ0) is 16.0. The molecule has 0 aliphatic rings. The first-order chi connectivity index (χ1) is 9.92. The molecule has 1 rings (SSSR count). The molecule has 21 heavy (non-hydrogen) atoms. The van der Waals surface area contributed by atoms with E-state index in [1.54, 1.807) is 13.8 Å². The predicted octanol–water partition coefficient (Wildman–Crippen LogP) is 2.25. The third kappa shape index (κ3) is 4.22. The molecular formula is C12H13BrN2O6. The molecule has 0 aromatic carbocycles. The molecule has 0 saturated carbocycles. The predicted molar refractivity (Wildman–Crippen MR) is 74.6 cm³/mol. The van der Waals surface area contributed by atoms with Gasteiger partial charge in [0.05, 0.1) is 16.0 Å². The topological polar surface area (TPSA) is 109 Å². The van der Waals surface area contributed by atoms with Crippen molar-refractivity contribution in [3.05, 3.63) is 27.0 Å². The summed E-state index contributed by atoms with van der Waals surface area (Å²) in [5.41, 5.74) is -0.476. The van der Waals surface area contributed by atoms with Gasteiger partial charge in [-0.05, 0) is 29.3 Å². The Morgan fingerprint density at radius 1 is 1.38 bits per heavy atom. The Balaban J connectivity index is 3.02. The molecule has 9 heteroatoms. The number of ether oxygens (including phenoxy) is 2. The molecule has 1 aromatic rings. The van der Waals surface area contributed by atoms with Crippen LogP contribution < -0.4 is 4.74 Å². The second kappa shape index (κ2) is 7.67. The van der Waals surface area contributed by atoms with Gasteiger partial charge in [0, 0.05) is 6.20 Å². The van der Waals surface area contributed by atoms with Crippen LogP contribution in [-0.2, 0) is 14.3 Å². The normalized spacial score (nSPS) is 11.6. The summed E-state index contributed by atoms with van der Waals surface area (Å²) in [4.78, 5) is 37.4. The number of nitrogens with zero attached hydrogens (tertiary/aromatic N) is 2. The lowest BCUT2D eigenvalue weighted by atomic mass is 10.1. The van der Waals surface area contributed by atoms with Gasteiger partial charge in [-0.1, -0.05) is 6.92 Å². The van der Waals surface area contributed by atoms with E-state index >= 15 is 0 Å². The highest BCUT2D eigenvalue weighted by Gasteiger charge is 2.31. The number of halogens is 1. The monoisotopic (exact) mass is 360 g/mol. The SMILES string of the molecule is CCOC(=O)C(CC)C(=O)Oc1c(Br)cncc1[N+](=O)[O-]. The van der Waals surface area contributed by atoms with Gasteiger partial charge in [-0.2, -0.15) is 0 Å². The van der Waals surface area contributed by atoms with E-state index in [4.69, 9.17) is 9.47 Å².